The van der Waals surface area contributed by atoms with Gasteiger partial charge in [0.25, 0.3) is 0 Å². The Kier molecular flexibility index (Phi) is 4.10. The molecule has 0 saturated carbocycles. The van der Waals surface area contributed by atoms with Crippen LogP contribution >= 0.6 is 27.5 Å². The molecule has 0 fully saturated rings. The van der Waals surface area contributed by atoms with Gasteiger partial charge in [0, 0.05) is 21.5 Å². The van der Waals surface area contributed by atoms with Crippen molar-refractivity contribution in [1.82, 2.24) is 0 Å². The van der Waals surface area contributed by atoms with Crippen LogP contribution in [0.25, 0.3) is 0 Å². The summed E-state index contributed by atoms with van der Waals surface area (Å²) in [7, 11) is 0. The Hall–Kier alpha value is -0.830. The molecule has 0 heterocycles. The van der Waals surface area contributed by atoms with E-state index in [1.165, 1.54) is 0 Å². The van der Waals surface area contributed by atoms with Gasteiger partial charge in [0.1, 0.15) is 0 Å². The summed E-state index contributed by atoms with van der Waals surface area (Å²) in [4.78, 5) is 0. The Bertz CT molecular complexity index is 537. The van der Waals surface area contributed by atoms with Gasteiger partial charge >= 0.3 is 0 Å². The molecule has 1 unspecified atom stereocenters. The second kappa shape index (κ2) is 5.43. The van der Waals surface area contributed by atoms with Gasteiger partial charge in [-0.05, 0) is 24.6 Å². The van der Waals surface area contributed by atoms with Gasteiger partial charge in [0.2, 0.25) is 0 Å². The van der Waals surface area contributed by atoms with Gasteiger partial charge in [0.15, 0.2) is 0 Å². The summed E-state index contributed by atoms with van der Waals surface area (Å²) in [6, 6.07) is 15.4. The van der Waals surface area contributed by atoms with E-state index in [4.69, 9.17) is 11.6 Å². The molecule has 0 spiro atoms. The molecule has 18 heavy (non-hydrogen) atoms. The summed E-state index contributed by atoms with van der Waals surface area (Å²) in [5.74, 6) is 0. The Morgan fingerprint density at radius 2 is 1.83 bits per heavy atom. The minimum Gasteiger partial charge on any atom is -0.385 e. The maximum Gasteiger partial charge on any atom is 0.0923 e. The van der Waals surface area contributed by atoms with Crippen LogP contribution in [0.1, 0.15) is 18.1 Å². The predicted octanol–water partition coefficient (Wildman–Crippen LogP) is 4.55. The second-order valence-electron chi connectivity index (χ2n) is 4.56. The second-order valence-corrected chi connectivity index (χ2v) is 5.88. The third-order valence-corrected chi connectivity index (χ3v) is 3.71. The molecule has 3 heteroatoms. The monoisotopic (exact) mass is 324 g/mol. The molecule has 94 valence electrons. The van der Waals surface area contributed by atoms with Crippen molar-refractivity contribution in [2.45, 2.75) is 18.9 Å². The van der Waals surface area contributed by atoms with E-state index < -0.39 is 5.60 Å². The van der Waals surface area contributed by atoms with E-state index in [1.54, 1.807) is 13.0 Å². The molecule has 1 nitrogen and oxygen atoms in total. The highest BCUT2D eigenvalue weighted by Gasteiger charge is 2.26. The van der Waals surface area contributed by atoms with Crippen LogP contribution in [0.15, 0.2) is 53.0 Å². The van der Waals surface area contributed by atoms with Crippen molar-refractivity contribution in [2.24, 2.45) is 0 Å². The van der Waals surface area contributed by atoms with Crippen LogP contribution in [0.4, 0.5) is 0 Å². The summed E-state index contributed by atoms with van der Waals surface area (Å²) in [5, 5.41) is 11.2. The number of hydrogen-bond acceptors (Lipinski definition) is 1. The van der Waals surface area contributed by atoms with Crippen molar-refractivity contribution in [1.29, 1.82) is 0 Å². The van der Waals surface area contributed by atoms with E-state index in [0.717, 1.165) is 15.6 Å². The largest absolute Gasteiger partial charge is 0.385 e. The van der Waals surface area contributed by atoms with Crippen LogP contribution in [0.2, 0.25) is 5.02 Å². The standard InChI is InChI=1S/C15H14BrClO/c1-15(18,10-11-5-3-2-4-6-11)13-8-7-12(16)9-14(13)17/h2-9,18H,10H2,1H3. The molecule has 0 bridgehead atoms. The van der Waals surface area contributed by atoms with Gasteiger partial charge in [-0.25, -0.2) is 0 Å². The summed E-state index contributed by atoms with van der Waals surface area (Å²) >= 11 is 9.55. The predicted molar refractivity (Wildman–Crippen MR) is 78.9 cm³/mol. The number of hydrogen-bond donors (Lipinski definition) is 1. The quantitative estimate of drug-likeness (QED) is 0.877. The summed E-state index contributed by atoms with van der Waals surface area (Å²) in [6.07, 6.45) is 0.537. The van der Waals surface area contributed by atoms with Crippen LogP contribution in [0.3, 0.4) is 0 Å². The molecule has 1 atom stereocenters. The number of halogens is 2. The van der Waals surface area contributed by atoms with E-state index in [0.29, 0.717) is 11.4 Å². The molecule has 2 aromatic carbocycles. The third kappa shape index (κ3) is 3.14. The zero-order valence-electron chi connectivity index (χ0n) is 10.0. The molecular weight excluding hydrogens is 312 g/mol. The van der Waals surface area contributed by atoms with E-state index in [2.05, 4.69) is 15.9 Å². The smallest absolute Gasteiger partial charge is 0.0923 e. The number of benzene rings is 2. The highest BCUT2D eigenvalue weighted by Crippen LogP contribution is 2.32. The molecule has 2 rings (SSSR count). The van der Waals surface area contributed by atoms with E-state index in [-0.39, 0.29) is 0 Å². The summed E-state index contributed by atoms with van der Waals surface area (Å²) in [6.45, 7) is 1.79. The Balaban J connectivity index is 2.30. The van der Waals surface area contributed by atoms with Gasteiger partial charge in [-0.15, -0.1) is 0 Å². The molecule has 0 radical (unpaired) electrons. The fraction of sp³-hybridized carbons (Fsp3) is 0.200. The van der Waals surface area contributed by atoms with E-state index in [9.17, 15) is 5.11 Å². The third-order valence-electron chi connectivity index (χ3n) is 2.90. The minimum absolute atomic E-state index is 0.537. The zero-order chi connectivity index (χ0) is 13.2. The maximum atomic E-state index is 10.6. The fourth-order valence-electron chi connectivity index (χ4n) is 2.01. The lowest BCUT2D eigenvalue weighted by molar-refractivity contribution is 0.0577. The zero-order valence-corrected chi connectivity index (χ0v) is 12.4. The molecule has 0 amide bonds. The number of aliphatic hydroxyl groups is 1. The first-order chi connectivity index (χ1) is 8.49. The van der Waals surface area contributed by atoms with Crippen LogP contribution < -0.4 is 0 Å². The molecular formula is C15H14BrClO. The van der Waals surface area contributed by atoms with Crippen molar-refractivity contribution in [3.63, 3.8) is 0 Å². The van der Waals surface area contributed by atoms with Gasteiger partial charge in [-0.2, -0.15) is 0 Å². The molecule has 1 N–H and O–H groups in total. The molecule has 2 aromatic rings. The van der Waals surface area contributed by atoms with Crippen molar-refractivity contribution < 1.29 is 5.11 Å². The van der Waals surface area contributed by atoms with Gasteiger partial charge < -0.3 is 5.11 Å². The average Bonchev–Trinajstić information content (AvgIpc) is 2.29. The average molecular weight is 326 g/mol. The highest BCUT2D eigenvalue weighted by molar-refractivity contribution is 9.10. The van der Waals surface area contributed by atoms with Crippen molar-refractivity contribution >= 4 is 27.5 Å². The van der Waals surface area contributed by atoms with E-state index in [1.807, 2.05) is 42.5 Å². The molecule has 0 aliphatic heterocycles. The summed E-state index contributed by atoms with van der Waals surface area (Å²) in [5.41, 5.74) is 0.858. The SMILES string of the molecule is CC(O)(Cc1ccccc1)c1ccc(Br)cc1Cl. The number of rotatable bonds is 3. The summed E-state index contributed by atoms with van der Waals surface area (Å²) < 4.78 is 0.909. The fourth-order valence-corrected chi connectivity index (χ4v) is 2.89. The molecule has 0 aliphatic carbocycles. The van der Waals surface area contributed by atoms with Crippen LogP contribution in [0, 0.1) is 0 Å². The lowest BCUT2D eigenvalue weighted by atomic mass is 9.89. The lowest BCUT2D eigenvalue weighted by Gasteiger charge is -2.25. The molecule has 0 aromatic heterocycles. The minimum atomic E-state index is -0.973. The first-order valence-corrected chi connectivity index (χ1v) is 6.88. The Labute approximate surface area is 121 Å². The lowest BCUT2D eigenvalue weighted by Crippen LogP contribution is -2.24. The van der Waals surface area contributed by atoms with Crippen LogP contribution in [-0.4, -0.2) is 5.11 Å². The van der Waals surface area contributed by atoms with Crippen molar-refractivity contribution in [3.05, 3.63) is 69.2 Å². The molecule has 0 aliphatic rings. The van der Waals surface area contributed by atoms with Gasteiger partial charge in [-0.1, -0.05) is 63.9 Å². The van der Waals surface area contributed by atoms with Crippen LogP contribution in [-0.2, 0) is 12.0 Å². The highest BCUT2D eigenvalue weighted by atomic mass is 79.9. The Morgan fingerprint density at radius 3 is 2.44 bits per heavy atom. The van der Waals surface area contributed by atoms with Gasteiger partial charge in [0.05, 0.1) is 5.60 Å². The topological polar surface area (TPSA) is 20.2 Å². The first-order valence-electron chi connectivity index (χ1n) is 5.71. The molecule has 0 saturated heterocycles. The van der Waals surface area contributed by atoms with Crippen molar-refractivity contribution in [3.8, 4) is 0 Å². The van der Waals surface area contributed by atoms with Crippen molar-refractivity contribution in [2.75, 3.05) is 0 Å². The maximum absolute atomic E-state index is 10.6. The van der Waals surface area contributed by atoms with Gasteiger partial charge in [-0.3, -0.25) is 0 Å². The normalized spacial score (nSPS) is 14.2. The first kappa shape index (κ1) is 13.6. The Morgan fingerprint density at radius 1 is 1.17 bits per heavy atom. The van der Waals surface area contributed by atoms with Crippen LogP contribution in [0.5, 0.6) is 0 Å². The van der Waals surface area contributed by atoms with E-state index >= 15 is 0 Å².